The van der Waals surface area contributed by atoms with Gasteiger partial charge in [0.05, 0.1) is 16.9 Å². The number of anilines is 2. The molecule has 0 heterocycles. The van der Waals surface area contributed by atoms with Gasteiger partial charge in [-0.05, 0) is 30.4 Å². The highest BCUT2D eigenvalue weighted by Crippen LogP contribution is 2.33. The average Bonchev–Trinajstić information content (AvgIpc) is 2.38. The van der Waals surface area contributed by atoms with Crippen molar-refractivity contribution >= 4 is 17.3 Å². The molecule has 20 heavy (non-hydrogen) atoms. The summed E-state index contributed by atoms with van der Waals surface area (Å²) in [6, 6.07) is 2.61. The third-order valence-corrected chi connectivity index (χ3v) is 4.42. The Morgan fingerprint density at radius 3 is 2.75 bits per heavy atom. The molecule has 4 nitrogen and oxygen atoms in total. The van der Waals surface area contributed by atoms with Crippen LogP contribution in [0.15, 0.2) is 12.1 Å². The van der Waals surface area contributed by atoms with Crippen LogP contribution >= 0.6 is 0 Å². The molecule has 4 N–H and O–H groups in total. The summed E-state index contributed by atoms with van der Waals surface area (Å²) in [5, 5.41) is 12.1. The van der Waals surface area contributed by atoms with Gasteiger partial charge in [0, 0.05) is 6.04 Å². The number of rotatable bonds is 3. The summed E-state index contributed by atoms with van der Waals surface area (Å²) in [5.41, 5.74) is 6.20. The van der Waals surface area contributed by atoms with Gasteiger partial charge in [0.2, 0.25) is 0 Å². The summed E-state index contributed by atoms with van der Waals surface area (Å²) in [6.07, 6.45) is 3.37. The van der Waals surface area contributed by atoms with Crippen LogP contribution in [0, 0.1) is 17.7 Å². The van der Waals surface area contributed by atoms with Crippen molar-refractivity contribution < 1.29 is 14.3 Å². The van der Waals surface area contributed by atoms with Crippen LogP contribution in [0.3, 0.4) is 0 Å². The quantitative estimate of drug-likeness (QED) is 0.742. The molecule has 5 heteroatoms. The van der Waals surface area contributed by atoms with E-state index in [0.29, 0.717) is 17.5 Å². The summed E-state index contributed by atoms with van der Waals surface area (Å²) in [6.45, 7) is 4.40. The van der Waals surface area contributed by atoms with Crippen molar-refractivity contribution in [2.75, 3.05) is 11.1 Å². The van der Waals surface area contributed by atoms with E-state index in [4.69, 9.17) is 10.8 Å². The van der Waals surface area contributed by atoms with E-state index in [2.05, 4.69) is 19.2 Å². The molecule has 110 valence electrons. The van der Waals surface area contributed by atoms with Gasteiger partial charge in [-0.15, -0.1) is 0 Å². The van der Waals surface area contributed by atoms with Gasteiger partial charge in [-0.3, -0.25) is 0 Å². The Hall–Kier alpha value is -1.78. The fourth-order valence-corrected chi connectivity index (χ4v) is 2.86. The van der Waals surface area contributed by atoms with Crippen molar-refractivity contribution in [3.05, 3.63) is 23.5 Å². The number of nitrogens with one attached hydrogen (secondary N) is 1. The molecule has 3 unspecified atom stereocenters. The summed E-state index contributed by atoms with van der Waals surface area (Å²) in [7, 11) is 0. The molecule has 0 amide bonds. The third kappa shape index (κ3) is 2.86. The van der Waals surface area contributed by atoms with Gasteiger partial charge in [-0.2, -0.15) is 0 Å². The molecule has 0 saturated heterocycles. The van der Waals surface area contributed by atoms with Crippen LogP contribution in [0.25, 0.3) is 0 Å². The third-order valence-electron chi connectivity index (χ3n) is 4.42. The van der Waals surface area contributed by atoms with Crippen LogP contribution in [0.1, 0.15) is 43.5 Å². The number of halogens is 1. The number of nitrogen functional groups attached to an aromatic ring is 1. The van der Waals surface area contributed by atoms with E-state index in [-0.39, 0.29) is 11.7 Å². The monoisotopic (exact) mass is 280 g/mol. The normalized spacial score (nSPS) is 26.2. The second kappa shape index (κ2) is 5.69. The molecule has 1 aromatic rings. The van der Waals surface area contributed by atoms with Gasteiger partial charge in [0.1, 0.15) is 5.82 Å². The van der Waals surface area contributed by atoms with Gasteiger partial charge in [-0.25, -0.2) is 9.18 Å². The van der Waals surface area contributed by atoms with Crippen molar-refractivity contribution in [1.82, 2.24) is 0 Å². The number of hydrogen-bond acceptors (Lipinski definition) is 3. The van der Waals surface area contributed by atoms with Crippen molar-refractivity contribution in [2.45, 2.75) is 39.2 Å². The van der Waals surface area contributed by atoms with Crippen molar-refractivity contribution in [1.29, 1.82) is 0 Å². The Labute approximate surface area is 118 Å². The van der Waals surface area contributed by atoms with Gasteiger partial charge in [0.15, 0.2) is 0 Å². The lowest BCUT2D eigenvalue weighted by Crippen LogP contribution is -2.35. The molecule has 1 saturated carbocycles. The van der Waals surface area contributed by atoms with Crippen LogP contribution in [-0.2, 0) is 0 Å². The maximum atomic E-state index is 13.7. The molecule has 1 fully saturated rings. The van der Waals surface area contributed by atoms with Crippen LogP contribution in [0.5, 0.6) is 0 Å². The lowest BCUT2D eigenvalue weighted by molar-refractivity contribution is 0.0692. The van der Waals surface area contributed by atoms with E-state index in [1.54, 1.807) is 0 Å². The Morgan fingerprint density at radius 1 is 1.40 bits per heavy atom. The lowest BCUT2D eigenvalue weighted by atomic mass is 9.78. The van der Waals surface area contributed by atoms with Gasteiger partial charge in [0.25, 0.3) is 0 Å². The fraction of sp³-hybridized carbons (Fsp3) is 0.533. The zero-order chi connectivity index (χ0) is 14.9. The number of hydrogen-bond donors (Lipinski definition) is 3. The van der Waals surface area contributed by atoms with Crippen LogP contribution in [0.4, 0.5) is 15.8 Å². The molecule has 0 bridgehead atoms. The smallest absolute Gasteiger partial charge is 0.338 e. The first-order valence-corrected chi connectivity index (χ1v) is 6.99. The second-order valence-electron chi connectivity index (χ2n) is 5.74. The van der Waals surface area contributed by atoms with Crippen LogP contribution in [-0.4, -0.2) is 17.1 Å². The minimum absolute atomic E-state index is 0.246. The first-order valence-electron chi connectivity index (χ1n) is 6.99. The van der Waals surface area contributed by atoms with Gasteiger partial charge < -0.3 is 16.2 Å². The van der Waals surface area contributed by atoms with Crippen molar-refractivity contribution in [3.8, 4) is 0 Å². The number of carboxylic acids is 1. The number of carbonyl (C=O) groups is 1. The highest BCUT2D eigenvalue weighted by molar-refractivity contribution is 5.90. The minimum Gasteiger partial charge on any atom is -0.478 e. The highest BCUT2D eigenvalue weighted by atomic mass is 19.1. The standard InChI is InChI=1S/C15H21FN2O2/c1-8-4-3-5-13(9(8)2)18-14-7-11(16)10(15(19)20)6-12(14)17/h6-9,13,18H,3-5,17H2,1-2H3,(H,19,20). The van der Waals surface area contributed by atoms with Gasteiger partial charge in [-0.1, -0.05) is 26.7 Å². The summed E-state index contributed by atoms with van der Waals surface area (Å²) in [4.78, 5) is 10.9. The minimum atomic E-state index is -1.31. The van der Waals surface area contributed by atoms with E-state index in [0.717, 1.165) is 12.8 Å². The molecule has 2 rings (SSSR count). The maximum absolute atomic E-state index is 13.7. The van der Waals surface area contributed by atoms with E-state index < -0.39 is 17.3 Å². The zero-order valence-corrected chi connectivity index (χ0v) is 11.8. The fourth-order valence-electron chi connectivity index (χ4n) is 2.86. The molecule has 0 aromatic heterocycles. The first kappa shape index (κ1) is 14.6. The maximum Gasteiger partial charge on any atom is 0.338 e. The average molecular weight is 280 g/mol. The van der Waals surface area contributed by atoms with Crippen LogP contribution in [0.2, 0.25) is 0 Å². The number of aromatic carboxylic acids is 1. The Kier molecular flexibility index (Phi) is 4.16. The SMILES string of the molecule is CC1CCCC(Nc2cc(F)c(C(=O)O)cc2N)C1C. The number of benzene rings is 1. The predicted molar refractivity (Wildman–Crippen MR) is 77.4 cm³/mol. The molecule has 1 aromatic carbocycles. The zero-order valence-electron chi connectivity index (χ0n) is 11.8. The Bertz CT molecular complexity index is 519. The largest absolute Gasteiger partial charge is 0.478 e. The molecule has 0 spiro atoms. The molecular weight excluding hydrogens is 259 g/mol. The molecule has 0 radical (unpaired) electrons. The topological polar surface area (TPSA) is 75.3 Å². The molecular formula is C15H21FN2O2. The molecule has 1 aliphatic rings. The molecule has 3 atom stereocenters. The summed E-state index contributed by atoms with van der Waals surface area (Å²) < 4.78 is 13.7. The Balaban J connectivity index is 2.21. The van der Waals surface area contributed by atoms with Crippen molar-refractivity contribution in [2.24, 2.45) is 11.8 Å². The summed E-state index contributed by atoms with van der Waals surface area (Å²) >= 11 is 0. The van der Waals surface area contributed by atoms with E-state index in [9.17, 15) is 9.18 Å². The number of carboxylic acid groups (broad SMARTS) is 1. The van der Waals surface area contributed by atoms with E-state index in [1.807, 2.05) is 0 Å². The van der Waals surface area contributed by atoms with E-state index >= 15 is 0 Å². The van der Waals surface area contributed by atoms with Crippen LogP contribution < -0.4 is 11.1 Å². The summed E-state index contributed by atoms with van der Waals surface area (Å²) in [5.74, 6) is -0.970. The molecule has 1 aliphatic carbocycles. The Morgan fingerprint density at radius 2 is 2.10 bits per heavy atom. The predicted octanol–water partition coefficient (Wildman–Crippen LogP) is 3.34. The highest BCUT2D eigenvalue weighted by Gasteiger charge is 2.27. The van der Waals surface area contributed by atoms with E-state index in [1.165, 1.54) is 18.6 Å². The first-order chi connectivity index (χ1) is 9.40. The molecule has 0 aliphatic heterocycles. The second-order valence-corrected chi connectivity index (χ2v) is 5.74. The lowest BCUT2D eigenvalue weighted by Gasteiger charge is -2.35. The van der Waals surface area contributed by atoms with Gasteiger partial charge >= 0.3 is 5.97 Å². The number of nitrogens with two attached hydrogens (primary N) is 1. The van der Waals surface area contributed by atoms with Crippen molar-refractivity contribution in [3.63, 3.8) is 0 Å².